The number of carboxylic acid groups (broad SMARTS) is 1. The van der Waals surface area contributed by atoms with Crippen molar-refractivity contribution in [2.75, 3.05) is 0 Å². The van der Waals surface area contributed by atoms with Crippen LogP contribution in [-0.4, -0.2) is 21.9 Å². The number of fused-ring (bicyclic) bond motifs is 1. The van der Waals surface area contributed by atoms with Crippen molar-refractivity contribution in [3.8, 4) is 11.1 Å². The summed E-state index contributed by atoms with van der Waals surface area (Å²) >= 11 is 0. The third-order valence-electron chi connectivity index (χ3n) is 4.63. The van der Waals surface area contributed by atoms with Crippen molar-refractivity contribution in [3.05, 3.63) is 69.8 Å². The number of carboxylic acids is 1. The highest BCUT2D eigenvalue weighted by atomic mass is 19.1. The van der Waals surface area contributed by atoms with E-state index in [1.807, 2.05) is 0 Å². The number of aromatic carboxylic acids is 1. The van der Waals surface area contributed by atoms with Gasteiger partial charge in [0.05, 0.1) is 5.52 Å². The summed E-state index contributed by atoms with van der Waals surface area (Å²) in [6.07, 6.45) is 3.78. The first kappa shape index (κ1) is 16.2. The summed E-state index contributed by atoms with van der Waals surface area (Å²) in [5.41, 5.74) is 0.637. The van der Waals surface area contributed by atoms with Gasteiger partial charge < -0.3 is 9.67 Å². The molecular weight excluding hydrogens is 337 g/mol. The minimum atomic E-state index is -1.32. The molecule has 0 amide bonds. The van der Waals surface area contributed by atoms with E-state index in [2.05, 4.69) is 0 Å². The van der Waals surface area contributed by atoms with Crippen LogP contribution in [0, 0.1) is 5.82 Å². The Labute approximate surface area is 147 Å². The molecule has 0 unspecified atom stereocenters. The van der Waals surface area contributed by atoms with Crippen LogP contribution < -0.4 is 5.43 Å². The van der Waals surface area contributed by atoms with E-state index in [9.17, 15) is 23.9 Å². The monoisotopic (exact) mass is 351 g/mol. The number of halogens is 1. The van der Waals surface area contributed by atoms with Crippen molar-refractivity contribution >= 4 is 23.2 Å². The molecule has 1 heterocycles. The lowest BCUT2D eigenvalue weighted by Crippen LogP contribution is -2.19. The van der Waals surface area contributed by atoms with E-state index in [-0.39, 0.29) is 22.6 Å². The molecule has 4 rings (SSSR count). The van der Waals surface area contributed by atoms with Crippen LogP contribution in [0.5, 0.6) is 0 Å². The van der Waals surface area contributed by atoms with Crippen LogP contribution in [0.15, 0.2) is 47.4 Å². The molecule has 0 radical (unpaired) electrons. The number of nitrogens with zero attached hydrogens (tertiary/aromatic N) is 1. The van der Waals surface area contributed by atoms with E-state index in [0.29, 0.717) is 22.9 Å². The van der Waals surface area contributed by atoms with Crippen molar-refractivity contribution in [2.45, 2.75) is 18.9 Å². The second-order valence-corrected chi connectivity index (χ2v) is 6.41. The minimum absolute atomic E-state index is 0.0459. The van der Waals surface area contributed by atoms with Gasteiger partial charge in [0.1, 0.15) is 17.7 Å². The Morgan fingerprint density at radius 2 is 2.00 bits per heavy atom. The summed E-state index contributed by atoms with van der Waals surface area (Å²) in [6.45, 7) is 0. The Hall–Kier alpha value is -3.28. The standard InChI is InChI=1S/C20H14FNO4/c21-17-7-15-18(8-14(17)12-3-1-2-11(6-12)10-23)22(13-4-5-13)9-16(19(15)24)20(25)26/h1-3,6-10,13H,4-5H2,(H,25,26). The molecule has 1 N–H and O–H groups in total. The molecule has 130 valence electrons. The molecule has 0 bridgehead atoms. The van der Waals surface area contributed by atoms with Gasteiger partial charge in [-0.3, -0.25) is 9.59 Å². The second-order valence-electron chi connectivity index (χ2n) is 6.41. The predicted molar refractivity (Wildman–Crippen MR) is 94.2 cm³/mol. The Bertz CT molecular complexity index is 1130. The van der Waals surface area contributed by atoms with Crippen LogP contribution in [0.25, 0.3) is 22.0 Å². The van der Waals surface area contributed by atoms with Crippen LogP contribution in [0.1, 0.15) is 39.6 Å². The first-order valence-corrected chi connectivity index (χ1v) is 8.17. The lowest BCUT2D eigenvalue weighted by Gasteiger charge is -2.14. The van der Waals surface area contributed by atoms with Gasteiger partial charge in [-0.05, 0) is 36.6 Å². The van der Waals surface area contributed by atoms with E-state index in [1.165, 1.54) is 6.20 Å². The highest BCUT2D eigenvalue weighted by molar-refractivity contribution is 5.94. The zero-order chi connectivity index (χ0) is 18.4. The van der Waals surface area contributed by atoms with Crippen LogP contribution in [0.4, 0.5) is 4.39 Å². The lowest BCUT2D eigenvalue weighted by molar-refractivity contribution is 0.0694. The zero-order valence-corrected chi connectivity index (χ0v) is 13.6. The van der Waals surface area contributed by atoms with E-state index < -0.39 is 17.2 Å². The Balaban J connectivity index is 2.03. The van der Waals surface area contributed by atoms with Crippen molar-refractivity contribution in [1.29, 1.82) is 0 Å². The summed E-state index contributed by atoms with van der Waals surface area (Å²) in [5.74, 6) is -1.96. The first-order valence-electron chi connectivity index (χ1n) is 8.17. The van der Waals surface area contributed by atoms with E-state index >= 15 is 0 Å². The number of pyridine rings is 1. The number of aldehydes is 1. The molecular formula is C20H14FNO4. The molecule has 3 aromatic rings. The topological polar surface area (TPSA) is 76.4 Å². The predicted octanol–water partition coefficient (Wildman–Crippen LogP) is 3.65. The number of hydrogen-bond acceptors (Lipinski definition) is 3. The quantitative estimate of drug-likeness (QED) is 0.728. The molecule has 1 aromatic heterocycles. The fourth-order valence-electron chi connectivity index (χ4n) is 3.18. The minimum Gasteiger partial charge on any atom is -0.477 e. The lowest BCUT2D eigenvalue weighted by atomic mass is 10.00. The third kappa shape index (κ3) is 2.60. The summed E-state index contributed by atoms with van der Waals surface area (Å²) < 4.78 is 16.5. The van der Waals surface area contributed by atoms with Gasteiger partial charge in [0.15, 0.2) is 0 Å². The molecule has 1 aliphatic carbocycles. The highest BCUT2D eigenvalue weighted by Gasteiger charge is 2.27. The number of hydrogen-bond donors (Lipinski definition) is 1. The number of carbonyl (C=O) groups excluding carboxylic acids is 1. The van der Waals surface area contributed by atoms with Crippen LogP contribution in [0.2, 0.25) is 0 Å². The summed E-state index contributed by atoms with van der Waals surface area (Å²) in [4.78, 5) is 34.8. The Morgan fingerprint density at radius 1 is 1.23 bits per heavy atom. The van der Waals surface area contributed by atoms with Gasteiger partial charge in [0.2, 0.25) is 5.43 Å². The normalized spacial score (nSPS) is 13.7. The molecule has 2 aromatic carbocycles. The average molecular weight is 351 g/mol. The first-order chi connectivity index (χ1) is 12.5. The Kier molecular flexibility index (Phi) is 3.68. The van der Waals surface area contributed by atoms with Crippen LogP contribution in [-0.2, 0) is 0 Å². The number of carbonyl (C=O) groups is 2. The SMILES string of the molecule is O=Cc1cccc(-c2cc3c(cc2F)c(=O)c(C(=O)O)cn3C2CC2)c1. The van der Waals surface area contributed by atoms with Crippen LogP contribution >= 0.6 is 0 Å². The van der Waals surface area contributed by atoms with Gasteiger partial charge in [-0.15, -0.1) is 0 Å². The maximum Gasteiger partial charge on any atom is 0.341 e. The van der Waals surface area contributed by atoms with E-state index in [4.69, 9.17) is 0 Å². The second kappa shape index (κ2) is 5.91. The third-order valence-corrected chi connectivity index (χ3v) is 4.63. The van der Waals surface area contributed by atoms with Crippen molar-refractivity contribution < 1.29 is 19.1 Å². The molecule has 1 fully saturated rings. The zero-order valence-electron chi connectivity index (χ0n) is 13.6. The summed E-state index contributed by atoms with van der Waals surface area (Å²) in [6, 6.07) is 9.28. The maximum absolute atomic E-state index is 14.7. The van der Waals surface area contributed by atoms with E-state index in [0.717, 1.165) is 18.9 Å². The molecule has 1 saturated carbocycles. The average Bonchev–Trinajstić information content (AvgIpc) is 3.47. The highest BCUT2D eigenvalue weighted by Crippen LogP contribution is 2.38. The fraction of sp³-hybridized carbons (Fsp3) is 0.150. The number of aromatic nitrogens is 1. The summed E-state index contributed by atoms with van der Waals surface area (Å²) in [7, 11) is 0. The van der Waals surface area contributed by atoms with Crippen LogP contribution in [0.3, 0.4) is 0 Å². The largest absolute Gasteiger partial charge is 0.477 e. The van der Waals surface area contributed by atoms with Gasteiger partial charge in [0.25, 0.3) is 0 Å². The maximum atomic E-state index is 14.7. The molecule has 0 spiro atoms. The molecule has 0 aliphatic heterocycles. The molecule has 0 saturated heterocycles. The van der Waals surface area contributed by atoms with E-state index in [1.54, 1.807) is 34.9 Å². The van der Waals surface area contributed by atoms with Crippen molar-refractivity contribution in [2.24, 2.45) is 0 Å². The molecule has 1 aliphatic rings. The number of rotatable bonds is 4. The fourth-order valence-corrected chi connectivity index (χ4v) is 3.18. The molecule has 26 heavy (non-hydrogen) atoms. The van der Waals surface area contributed by atoms with Gasteiger partial charge >= 0.3 is 5.97 Å². The molecule has 0 atom stereocenters. The summed E-state index contributed by atoms with van der Waals surface area (Å²) in [5, 5.41) is 9.32. The smallest absolute Gasteiger partial charge is 0.341 e. The van der Waals surface area contributed by atoms with Gasteiger partial charge in [-0.25, -0.2) is 9.18 Å². The van der Waals surface area contributed by atoms with Gasteiger partial charge in [0, 0.05) is 28.8 Å². The Morgan fingerprint density at radius 3 is 2.65 bits per heavy atom. The molecule has 6 heteroatoms. The number of benzene rings is 2. The van der Waals surface area contributed by atoms with Gasteiger partial charge in [-0.2, -0.15) is 0 Å². The molecule has 5 nitrogen and oxygen atoms in total. The van der Waals surface area contributed by atoms with Gasteiger partial charge in [-0.1, -0.05) is 18.2 Å². The van der Waals surface area contributed by atoms with Crippen molar-refractivity contribution in [3.63, 3.8) is 0 Å². The van der Waals surface area contributed by atoms with Crippen molar-refractivity contribution in [1.82, 2.24) is 4.57 Å².